The van der Waals surface area contributed by atoms with Crippen molar-refractivity contribution in [3.63, 3.8) is 0 Å². The van der Waals surface area contributed by atoms with Gasteiger partial charge in [-0.3, -0.25) is 9.59 Å². The van der Waals surface area contributed by atoms with Gasteiger partial charge in [-0.15, -0.1) is 0 Å². The number of amides is 1. The first-order valence-electron chi connectivity index (χ1n) is 8.87. The Morgan fingerprint density at radius 2 is 2.00 bits per heavy atom. The summed E-state index contributed by atoms with van der Waals surface area (Å²) in [6.45, 7) is 2.62. The molecule has 2 aliphatic carbocycles. The lowest BCUT2D eigenvalue weighted by Crippen LogP contribution is -2.46. The molecule has 0 radical (unpaired) electrons. The molecular formula is C19H21NO4. The zero-order valence-electron chi connectivity index (χ0n) is 13.6. The third kappa shape index (κ3) is 1.97. The average molecular weight is 327 g/mol. The Morgan fingerprint density at radius 3 is 2.83 bits per heavy atom. The van der Waals surface area contributed by atoms with Gasteiger partial charge in [0.1, 0.15) is 11.4 Å². The first-order valence-corrected chi connectivity index (χ1v) is 8.87. The maximum absolute atomic E-state index is 12.9. The first kappa shape index (κ1) is 14.5. The summed E-state index contributed by atoms with van der Waals surface area (Å²) in [7, 11) is 0. The third-order valence-electron chi connectivity index (χ3n) is 6.25. The molecule has 5 heteroatoms. The summed E-state index contributed by atoms with van der Waals surface area (Å²) in [6, 6.07) is 7.49. The van der Waals surface area contributed by atoms with E-state index in [1.807, 2.05) is 29.2 Å². The summed E-state index contributed by atoms with van der Waals surface area (Å²) >= 11 is 0. The monoisotopic (exact) mass is 327 g/mol. The summed E-state index contributed by atoms with van der Waals surface area (Å²) in [4.78, 5) is 27.4. The van der Waals surface area contributed by atoms with Crippen molar-refractivity contribution in [2.45, 2.75) is 24.9 Å². The Kier molecular flexibility index (Phi) is 3.05. The lowest BCUT2D eigenvalue weighted by molar-refractivity contribution is -0.138. The van der Waals surface area contributed by atoms with Crippen LogP contribution in [0.1, 0.15) is 29.6 Å². The van der Waals surface area contributed by atoms with Crippen molar-refractivity contribution in [2.75, 3.05) is 26.3 Å². The molecule has 0 N–H and O–H groups in total. The SMILES string of the molecule is O=C1C[C@]2(CC[C@@H]3[C@@H](C(=O)N4CCOCC4)[C@H]32)Oc2ccccc21. The van der Waals surface area contributed by atoms with Gasteiger partial charge in [0, 0.05) is 24.9 Å². The summed E-state index contributed by atoms with van der Waals surface area (Å²) in [5, 5.41) is 0. The smallest absolute Gasteiger partial charge is 0.226 e. The fraction of sp³-hybridized carbons (Fsp3) is 0.579. The van der Waals surface area contributed by atoms with Crippen LogP contribution in [0.5, 0.6) is 5.75 Å². The maximum Gasteiger partial charge on any atom is 0.226 e. The van der Waals surface area contributed by atoms with Gasteiger partial charge in [0.05, 0.1) is 25.2 Å². The molecule has 2 heterocycles. The highest BCUT2D eigenvalue weighted by molar-refractivity contribution is 6.00. The molecule has 0 bridgehead atoms. The number of rotatable bonds is 1. The molecule has 5 rings (SSSR count). The molecule has 4 atom stereocenters. The predicted octanol–water partition coefficient (Wildman–Crippen LogP) is 1.91. The van der Waals surface area contributed by atoms with Gasteiger partial charge in [-0.1, -0.05) is 12.1 Å². The van der Waals surface area contributed by atoms with Gasteiger partial charge in [0.25, 0.3) is 0 Å². The molecule has 5 nitrogen and oxygen atoms in total. The van der Waals surface area contributed by atoms with Gasteiger partial charge in [0.15, 0.2) is 5.78 Å². The highest BCUT2D eigenvalue weighted by atomic mass is 16.5. The van der Waals surface area contributed by atoms with Gasteiger partial charge in [-0.25, -0.2) is 0 Å². The van der Waals surface area contributed by atoms with E-state index in [4.69, 9.17) is 9.47 Å². The maximum atomic E-state index is 12.9. The molecule has 4 aliphatic rings. The Labute approximate surface area is 140 Å². The number of hydrogen-bond donors (Lipinski definition) is 0. The number of Topliss-reactive ketones (excluding diaryl/α,β-unsaturated/α-hetero) is 1. The van der Waals surface area contributed by atoms with Crippen molar-refractivity contribution >= 4 is 11.7 Å². The Balaban J connectivity index is 1.39. The number of para-hydroxylation sites is 1. The van der Waals surface area contributed by atoms with E-state index in [9.17, 15) is 9.59 Å². The molecule has 2 aliphatic heterocycles. The van der Waals surface area contributed by atoms with Crippen LogP contribution in [0.2, 0.25) is 0 Å². The second-order valence-corrected chi connectivity index (χ2v) is 7.45. The van der Waals surface area contributed by atoms with E-state index in [1.165, 1.54) is 0 Å². The number of ketones is 1. The second kappa shape index (κ2) is 5.06. The fourth-order valence-electron chi connectivity index (χ4n) is 5.09. The molecule has 126 valence electrons. The molecule has 3 fully saturated rings. The van der Waals surface area contributed by atoms with Gasteiger partial charge in [0.2, 0.25) is 5.91 Å². The highest BCUT2D eigenvalue weighted by Crippen LogP contribution is 2.66. The van der Waals surface area contributed by atoms with E-state index in [0.29, 0.717) is 50.0 Å². The van der Waals surface area contributed by atoms with E-state index >= 15 is 0 Å². The Morgan fingerprint density at radius 1 is 1.21 bits per heavy atom. The van der Waals surface area contributed by atoms with Crippen molar-refractivity contribution in [2.24, 2.45) is 17.8 Å². The van der Waals surface area contributed by atoms with Crippen LogP contribution in [0.25, 0.3) is 0 Å². The number of carbonyl (C=O) groups excluding carboxylic acids is 2. The predicted molar refractivity (Wildman–Crippen MR) is 85.9 cm³/mol. The normalized spacial score (nSPS) is 36.9. The van der Waals surface area contributed by atoms with E-state index in [2.05, 4.69) is 0 Å². The molecule has 2 saturated carbocycles. The minimum absolute atomic E-state index is 0.0370. The molecule has 1 saturated heterocycles. The van der Waals surface area contributed by atoms with Gasteiger partial charge in [-0.05, 0) is 30.9 Å². The first-order chi connectivity index (χ1) is 11.7. The van der Waals surface area contributed by atoms with E-state index < -0.39 is 5.60 Å². The standard InChI is InChI=1S/C19H21NO4/c21-14-11-19(24-15-4-2-1-3-12(14)15)6-5-13-16(17(13)19)18(22)20-7-9-23-10-8-20/h1-4,13,16-17H,5-11H2/t13-,16-,17+,19+/m1/s1. The van der Waals surface area contributed by atoms with Crippen molar-refractivity contribution in [1.82, 2.24) is 4.90 Å². The molecule has 24 heavy (non-hydrogen) atoms. The van der Waals surface area contributed by atoms with Crippen molar-refractivity contribution in [3.05, 3.63) is 29.8 Å². The number of nitrogens with zero attached hydrogens (tertiary/aromatic N) is 1. The quantitative estimate of drug-likeness (QED) is 0.791. The zero-order valence-corrected chi connectivity index (χ0v) is 13.6. The molecule has 1 aromatic carbocycles. The van der Waals surface area contributed by atoms with Gasteiger partial charge < -0.3 is 14.4 Å². The van der Waals surface area contributed by atoms with Gasteiger partial charge >= 0.3 is 0 Å². The van der Waals surface area contributed by atoms with Crippen LogP contribution < -0.4 is 4.74 Å². The average Bonchev–Trinajstić information content (AvgIpc) is 3.26. The number of benzene rings is 1. The number of morpholine rings is 1. The molecule has 1 spiro atoms. The summed E-state index contributed by atoms with van der Waals surface area (Å²) < 4.78 is 11.7. The molecular weight excluding hydrogens is 306 g/mol. The van der Waals surface area contributed by atoms with Crippen LogP contribution >= 0.6 is 0 Å². The van der Waals surface area contributed by atoms with E-state index in [0.717, 1.165) is 12.8 Å². The third-order valence-corrected chi connectivity index (χ3v) is 6.25. The summed E-state index contributed by atoms with van der Waals surface area (Å²) in [6.07, 6.45) is 2.29. The summed E-state index contributed by atoms with van der Waals surface area (Å²) in [5.41, 5.74) is 0.228. The Hall–Kier alpha value is -1.88. The van der Waals surface area contributed by atoms with E-state index in [-0.39, 0.29) is 23.5 Å². The van der Waals surface area contributed by atoms with Crippen LogP contribution in [0.4, 0.5) is 0 Å². The number of carbonyl (C=O) groups is 2. The number of ether oxygens (including phenoxy) is 2. The molecule has 0 unspecified atom stereocenters. The lowest BCUT2D eigenvalue weighted by atomic mass is 9.84. The van der Waals surface area contributed by atoms with Crippen LogP contribution in [0, 0.1) is 17.8 Å². The van der Waals surface area contributed by atoms with Crippen molar-refractivity contribution in [1.29, 1.82) is 0 Å². The lowest BCUT2D eigenvalue weighted by Gasteiger charge is -2.37. The summed E-state index contributed by atoms with van der Waals surface area (Å²) in [5.74, 6) is 1.71. The zero-order chi connectivity index (χ0) is 16.3. The number of fused-ring (bicyclic) bond motifs is 3. The number of hydrogen-bond acceptors (Lipinski definition) is 4. The molecule has 1 amide bonds. The second-order valence-electron chi connectivity index (χ2n) is 7.45. The van der Waals surface area contributed by atoms with E-state index in [1.54, 1.807) is 0 Å². The van der Waals surface area contributed by atoms with Crippen LogP contribution in [0.3, 0.4) is 0 Å². The van der Waals surface area contributed by atoms with Gasteiger partial charge in [-0.2, -0.15) is 0 Å². The minimum atomic E-state index is -0.456. The highest BCUT2D eigenvalue weighted by Gasteiger charge is 2.71. The van der Waals surface area contributed by atoms with Crippen molar-refractivity contribution < 1.29 is 19.1 Å². The fourth-order valence-corrected chi connectivity index (χ4v) is 5.09. The van der Waals surface area contributed by atoms with Crippen LogP contribution in [-0.2, 0) is 9.53 Å². The Bertz CT molecular complexity index is 711. The van der Waals surface area contributed by atoms with Crippen LogP contribution in [-0.4, -0.2) is 48.5 Å². The van der Waals surface area contributed by atoms with Crippen molar-refractivity contribution in [3.8, 4) is 5.75 Å². The largest absolute Gasteiger partial charge is 0.486 e. The molecule has 1 aromatic rings. The van der Waals surface area contributed by atoms with Crippen LogP contribution in [0.15, 0.2) is 24.3 Å². The minimum Gasteiger partial charge on any atom is -0.486 e. The topological polar surface area (TPSA) is 55.8 Å². The molecule has 0 aromatic heterocycles.